The molecule has 1 aliphatic carbocycles. The summed E-state index contributed by atoms with van der Waals surface area (Å²) in [6.07, 6.45) is 3.15. The van der Waals surface area contributed by atoms with Gasteiger partial charge in [-0.25, -0.2) is 8.42 Å². The van der Waals surface area contributed by atoms with E-state index in [2.05, 4.69) is 5.32 Å². The maximum Gasteiger partial charge on any atom is 0.320 e. The quantitative estimate of drug-likeness (QED) is 0.550. The van der Waals surface area contributed by atoms with Crippen LogP contribution in [0.1, 0.15) is 46.5 Å². The minimum atomic E-state index is -3.65. The molecule has 10 heteroatoms. The lowest BCUT2D eigenvalue weighted by molar-refractivity contribution is -0.154. The van der Waals surface area contributed by atoms with Crippen molar-refractivity contribution in [1.82, 2.24) is 14.5 Å². The Balaban J connectivity index is 1.26. The number of sulfonamides is 1. The van der Waals surface area contributed by atoms with E-state index < -0.39 is 15.6 Å². The molecule has 0 atom stereocenters. The summed E-state index contributed by atoms with van der Waals surface area (Å²) in [7, 11) is -3.65. The van der Waals surface area contributed by atoms with Gasteiger partial charge in [-0.15, -0.1) is 0 Å². The van der Waals surface area contributed by atoms with Gasteiger partial charge in [-0.1, -0.05) is 23.7 Å². The summed E-state index contributed by atoms with van der Waals surface area (Å²) in [5.41, 5.74) is -0.503. The van der Waals surface area contributed by atoms with Crippen LogP contribution in [0.5, 0.6) is 0 Å². The number of rotatable bonds is 6. The molecular weight excluding hydrogens is 514 g/mol. The number of ether oxygens (including phenoxy) is 1. The third-order valence-corrected chi connectivity index (χ3v) is 9.12. The van der Waals surface area contributed by atoms with Gasteiger partial charge >= 0.3 is 5.97 Å². The van der Waals surface area contributed by atoms with E-state index in [-0.39, 0.29) is 48.4 Å². The molecule has 4 rings (SSSR count). The lowest BCUT2D eigenvalue weighted by atomic mass is 9.85. The third-order valence-electron chi connectivity index (χ3n) is 6.99. The van der Waals surface area contributed by atoms with Gasteiger partial charge in [0.15, 0.2) is 0 Å². The number of hydrogen-bond donors (Lipinski definition) is 1. The molecule has 2 fully saturated rings. The minimum Gasteiger partial charge on any atom is -0.459 e. The monoisotopic (exact) mass is 549 g/mol. The molecule has 0 aromatic heterocycles. The zero-order valence-corrected chi connectivity index (χ0v) is 23.3. The molecule has 1 N–H and O–H groups in total. The molecule has 0 spiro atoms. The fourth-order valence-electron chi connectivity index (χ4n) is 5.06. The summed E-state index contributed by atoms with van der Waals surface area (Å²) in [6.45, 7) is 7.03. The zero-order chi connectivity index (χ0) is 26.8. The van der Waals surface area contributed by atoms with Gasteiger partial charge in [-0.05, 0) is 81.5 Å². The summed E-state index contributed by atoms with van der Waals surface area (Å²) in [6, 6.07) is 10.6. The molecule has 2 aromatic carbocycles. The van der Waals surface area contributed by atoms with E-state index in [0.717, 1.165) is 36.5 Å². The number of hydrogen-bond acceptors (Lipinski definition) is 6. The number of fused-ring (bicyclic) bond motifs is 1. The molecule has 1 saturated heterocycles. The van der Waals surface area contributed by atoms with E-state index in [1.54, 1.807) is 29.2 Å². The predicted octanol–water partition coefficient (Wildman–Crippen LogP) is 3.82. The molecule has 1 saturated carbocycles. The van der Waals surface area contributed by atoms with E-state index in [0.29, 0.717) is 18.1 Å². The zero-order valence-electron chi connectivity index (χ0n) is 21.7. The first kappa shape index (κ1) is 27.8. The van der Waals surface area contributed by atoms with Gasteiger partial charge in [0.05, 0.1) is 11.4 Å². The lowest BCUT2D eigenvalue weighted by Gasteiger charge is -2.37. The molecule has 0 bridgehead atoms. The van der Waals surface area contributed by atoms with Gasteiger partial charge in [0.2, 0.25) is 15.9 Å². The van der Waals surface area contributed by atoms with Crippen LogP contribution in [-0.2, 0) is 24.3 Å². The van der Waals surface area contributed by atoms with Crippen molar-refractivity contribution in [2.45, 2.75) is 63.0 Å². The molecule has 1 aliphatic heterocycles. The first-order valence-electron chi connectivity index (χ1n) is 12.9. The third kappa shape index (κ3) is 7.02. The van der Waals surface area contributed by atoms with E-state index in [9.17, 15) is 18.0 Å². The second-order valence-electron chi connectivity index (χ2n) is 10.9. The highest BCUT2D eigenvalue weighted by Crippen LogP contribution is 2.28. The Hall–Kier alpha value is -2.20. The van der Waals surface area contributed by atoms with Crippen molar-refractivity contribution in [1.29, 1.82) is 0 Å². The second-order valence-corrected chi connectivity index (χ2v) is 13.3. The minimum absolute atomic E-state index is 0.0601. The van der Waals surface area contributed by atoms with Crippen molar-refractivity contribution in [3.05, 3.63) is 41.4 Å². The lowest BCUT2D eigenvalue weighted by Crippen LogP contribution is -2.52. The molecule has 202 valence electrons. The van der Waals surface area contributed by atoms with Gasteiger partial charge in [-0.3, -0.25) is 9.59 Å². The fraction of sp³-hybridized carbons (Fsp3) is 0.556. The van der Waals surface area contributed by atoms with Crippen molar-refractivity contribution in [3.63, 3.8) is 0 Å². The molecule has 2 aromatic rings. The van der Waals surface area contributed by atoms with Gasteiger partial charge in [0.1, 0.15) is 5.60 Å². The van der Waals surface area contributed by atoms with E-state index in [4.69, 9.17) is 16.3 Å². The van der Waals surface area contributed by atoms with Crippen LogP contribution in [0.3, 0.4) is 0 Å². The number of benzene rings is 2. The highest BCUT2D eigenvalue weighted by atomic mass is 35.5. The Morgan fingerprint density at radius 1 is 0.973 bits per heavy atom. The Morgan fingerprint density at radius 2 is 1.59 bits per heavy atom. The van der Waals surface area contributed by atoms with Crippen LogP contribution in [0.2, 0.25) is 5.02 Å². The highest BCUT2D eigenvalue weighted by Gasteiger charge is 2.34. The first-order valence-corrected chi connectivity index (χ1v) is 14.7. The molecule has 0 unspecified atom stereocenters. The summed E-state index contributed by atoms with van der Waals surface area (Å²) in [4.78, 5) is 27.1. The van der Waals surface area contributed by atoms with Crippen LogP contribution in [0, 0.1) is 5.92 Å². The molecular formula is C27H36ClN3O5S. The second kappa shape index (κ2) is 11.3. The average molecular weight is 550 g/mol. The van der Waals surface area contributed by atoms with Crippen LogP contribution < -0.4 is 5.32 Å². The largest absolute Gasteiger partial charge is 0.459 e. The number of nitrogens with one attached hydrogen (secondary N) is 1. The molecule has 1 heterocycles. The Bertz CT molecular complexity index is 1240. The molecule has 0 radical (unpaired) electrons. The van der Waals surface area contributed by atoms with Crippen molar-refractivity contribution < 1.29 is 22.7 Å². The van der Waals surface area contributed by atoms with Crippen LogP contribution >= 0.6 is 11.6 Å². The Morgan fingerprint density at radius 3 is 2.24 bits per heavy atom. The summed E-state index contributed by atoms with van der Waals surface area (Å²) in [5, 5.41) is 5.56. The Labute approximate surface area is 224 Å². The predicted molar refractivity (Wildman–Crippen MR) is 144 cm³/mol. The standard InChI is InChI=1S/C27H36ClN3O5S/c1-27(2,3)36-25(32)18-29-23-9-5-19(6-10-23)26(33)30-12-14-31(15-13-30)37(34,35)24-11-7-20-16-22(28)8-4-21(20)17-24/h4,7-8,11,16-17,19,23,29H,5-6,9-10,12-15,18H2,1-3H3. The van der Waals surface area contributed by atoms with Crippen molar-refractivity contribution >= 4 is 44.3 Å². The average Bonchev–Trinajstić information content (AvgIpc) is 2.86. The smallest absolute Gasteiger partial charge is 0.320 e. The van der Waals surface area contributed by atoms with E-state index >= 15 is 0 Å². The molecule has 2 aliphatic rings. The van der Waals surface area contributed by atoms with Crippen LogP contribution in [0.15, 0.2) is 41.3 Å². The van der Waals surface area contributed by atoms with Crippen molar-refractivity contribution in [2.75, 3.05) is 32.7 Å². The van der Waals surface area contributed by atoms with E-state index in [1.165, 1.54) is 4.31 Å². The van der Waals surface area contributed by atoms with E-state index in [1.807, 2.05) is 32.9 Å². The molecule has 37 heavy (non-hydrogen) atoms. The maximum absolute atomic E-state index is 13.3. The number of carbonyl (C=O) groups is 2. The van der Waals surface area contributed by atoms with Gasteiger partial charge < -0.3 is 15.0 Å². The molecule has 1 amide bonds. The number of halogens is 1. The number of esters is 1. The summed E-state index contributed by atoms with van der Waals surface area (Å²) < 4.78 is 33.3. The number of amides is 1. The Kier molecular flexibility index (Phi) is 8.48. The summed E-state index contributed by atoms with van der Waals surface area (Å²) >= 11 is 6.04. The van der Waals surface area contributed by atoms with Gasteiger partial charge in [-0.2, -0.15) is 4.31 Å². The van der Waals surface area contributed by atoms with Gasteiger partial charge in [0.25, 0.3) is 0 Å². The maximum atomic E-state index is 13.3. The number of nitrogens with zero attached hydrogens (tertiary/aromatic N) is 2. The van der Waals surface area contributed by atoms with Crippen LogP contribution in [0.4, 0.5) is 0 Å². The normalized spacial score (nSPS) is 21.7. The highest BCUT2D eigenvalue weighted by molar-refractivity contribution is 7.89. The SMILES string of the molecule is CC(C)(C)OC(=O)CNC1CCC(C(=O)N2CCN(S(=O)(=O)c3ccc4cc(Cl)ccc4c3)CC2)CC1. The van der Waals surface area contributed by atoms with Crippen molar-refractivity contribution in [3.8, 4) is 0 Å². The van der Waals surface area contributed by atoms with Gasteiger partial charge in [0, 0.05) is 43.2 Å². The number of carbonyl (C=O) groups excluding carboxylic acids is 2. The van der Waals surface area contributed by atoms with Crippen molar-refractivity contribution in [2.24, 2.45) is 5.92 Å². The summed E-state index contributed by atoms with van der Waals surface area (Å²) in [5.74, 6) is -0.230. The van der Waals surface area contributed by atoms with Crippen LogP contribution in [-0.4, -0.2) is 73.9 Å². The fourth-order valence-corrected chi connectivity index (χ4v) is 6.70. The topological polar surface area (TPSA) is 96.0 Å². The first-order chi connectivity index (χ1) is 17.4. The molecule has 8 nitrogen and oxygen atoms in total. The van der Waals surface area contributed by atoms with Crippen LogP contribution in [0.25, 0.3) is 10.8 Å². The number of piperazine rings is 1.